The Morgan fingerprint density at radius 1 is 1.13 bits per heavy atom. The maximum absolute atomic E-state index is 13.6. The van der Waals surface area contributed by atoms with Crippen LogP contribution in [0.4, 0.5) is 15.8 Å². The molecule has 0 saturated carbocycles. The molecule has 0 bridgehead atoms. The van der Waals surface area contributed by atoms with Gasteiger partial charge in [0.15, 0.2) is 5.75 Å². The SMILES string of the molecule is CC(C)(C)[Si](C)(C)Oc1c(N=C=Nc2ccc(F)cc2Cl)ccc(Cl)c1S(=O)(=O)NC(=O)C1CCN([O-])CC1. The van der Waals surface area contributed by atoms with Gasteiger partial charge in [0.1, 0.15) is 22.4 Å². The molecule has 0 atom stereocenters. The van der Waals surface area contributed by atoms with Crippen LogP contribution in [-0.4, -0.2) is 46.8 Å². The Morgan fingerprint density at radius 3 is 2.31 bits per heavy atom. The van der Waals surface area contributed by atoms with Crippen LogP contribution in [0.15, 0.2) is 45.2 Å². The Bertz CT molecular complexity index is 1420. The van der Waals surface area contributed by atoms with Crippen molar-refractivity contribution in [1.82, 2.24) is 9.79 Å². The van der Waals surface area contributed by atoms with Crippen LogP contribution in [0.1, 0.15) is 33.6 Å². The van der Waals surface area contributed by atoms with Gasteiger partial charge in [-0.1, -0.05) is 44.0 Å². The van der Waals surface area contributed by atoms with Crippen molar-refractivity contribution in [3.05, 3.63) is 51.4 Å². The number of hydrogen-bond acceptors (Lipinski definition) is 8. The highest BCUT2D eigenvalue weighted by Gasteiger charge is 2.41. The molecule has 1 N–H and O–H groups in total. The predicted octanol–water partition coefficient (Wildman–Crippen LogP) is 6.67. The van der Waals surface area contributed by atoms with Crippen molar-refractivity contribution >= 4 is 64.8 Å². The lowest BCUT2D eigenvalue weighted by Crippen LogP contribution is -2.45. The number of piperidine rings is 1. The van der Waals surface area contributed by atoms with Gasteiger partial charge in [0, 0.05) is 5.92 Å². The van der Waals surface area contributed by atoms with E-state index in [2.05, 4.69) is 20.7 Å². The molecule has 1 aliphatic heterocycles. The van der Waals surface area contributed by atoms with Crippen LogP contribution in [0.25, 0.3) is 0 Å². The van der Waals surface area contributed by atoms with E-state index < -0.39 is 40.9 Å². The first kappa shape index (κ1) is 31.2. The Labute approximate surface area is 238 Å². The molecular weight excluding hydrogens is 586 g/mol. The highest BCUT2D eigenvalue weighted by Crippen LogP contribution is 2.45. The second-order valence-electron chi connectivity index (χ2n) is 10.7. The summed E-state index contributed by atoms with van der Waals surface area (Å²) in [6.07, 6.45) is 0.470. The number of rotatable bonds is 7. The molecule has 1 heterocycles. The van der Waals surface area contributed by atoms with Gasteiger partial charge in [-0.3, -0.25) is 4.79 Å². The van der Waals surface area contributed by atoms with Gasteiger partial charge in [-0.25, -0.2) is 17.5 Å². The number of carbonyl (C=O) groups excluding carboxylic acids is 1. The number of carbonyl (C=O) groups is 1. The van der Waals surface area contributed by atoms with Crippen molar-refractivity contribution in [1.29, 1.82) is 0 Å². The van der Waals surface area contributed by atoms with E-state index in [4.69, 9.17) is 27.6 Å². The summed E-state index contributed by atoms with van der Waals surface area (Å²) >= 11 is 12.4. The van der Waals surface area contributed by atoms with Crippen LogP contribution in [0.2, 0.25) is 28.2 Å². The Hall–Kier alpha value is -2.31. The molecular formula is C25H30Cl2FN4O5SSi-. The third-order valence-electron chi connectivity index (χ3n) is 6.79. The predicted molar refractivity (Wildman–Crippen MR) is 153 cm³/mol. The minimum Gasteiger partial charge on any atom is -0.785 e. The lowest BCUT2D eigenvalue weighted by molar-refractivity contribution is -0.124. The topological polar surface area (TPSA) is 123 Å². The summed E-state index contributed by atoms with van der Waals surface area (Å²) in [6, 6.07) is 8.83. The first-order chi connectivity index (χ1) is 18.0. The molecule has 2 aromatic carbocycles. The van der Waals surface area contributed by atoms with Crippen molar-refractivity contribution in [2.24, 2.45) is 15.9 Å². The molecule has 0 aromatic heterocycles. The van der Waals surface area contributed by atoms with E-state index in [1.54, 1.807) is 0 Å². The molecule has 1 amide bonds. The van der Waals surface area contributed by atoms with Crippen LogP contribution < -0.4 is 9.15 Å². The largest absolute Gasteiger partial charge is 0.785 e. The summed E-state index contributed by atoms with van der Waals surface area (Å²) in [5.74, 6) is -2.04. The number of aliphatic imine (C=N–C) groups is 2. The second kappa shape index (κ2) is 12.1. The summed E-state index contributed by atoms with van der Waals surface area (Å²) in [7, 11) is -7.19. The zero-order valence-electron chi connectivity index (χ0n) is 22.2. The maximum Gasteiger partial charge on any atom is 0.269 e. The van der Waals surface area contributed by atoms with E-state index >= 15 is 0 Å². The van der Waals surface area contributed by atoms with Gasteiger partial charge >= 0.3 is 0 Å². The van der Waals surface area contributed by atoms with Crippen LogP contribution in [-0.2, 0) is 14.8 Å². The molecule has 0 aliphatic carbocycles. The van der Waals surface area contributed by atoms with E-state index in [0.29, 0.717) is 0 Å². The van der Waals surface area contributed by atoms with Crippen molar-refractivity contribution in [2.45, 2.75) is 56.6 Å². The van der Waals surface area contributed by atoms with Gasteiger partial charge in [-0.15, -0.1) is 0 Å². The average Bonchev–Trinajstić information content (AvgIpc) is 2.80. The van der Waals surface area contributed by atoms with Gasteiger partial charge < -0.3 is 14.7 Å². The lowest BCUT2D eigenvalue weighted by Gasteiger charge is -2.37. The molecule has 9 nitrogen and oxygen atoms in total. The second-order valence-corrected chi connectivity index (χ2v) is 17.8. The first-order valence-electron chi connectivity index (χ1n) is 12.1. The highest BCUT2D eigenvalue weighted by molar-refractivity contribution is 7.90. The van der Waals surface area contributed by atoms with Crippen molar-refractivity contribution in [3.8, 4) is 5.75 Å². The fourth-order valence-electron chi connectivity index (χ4n) is 3.46. The molecule has 212 valence electrons. The normalized spacial score (nSPS) is 15.4. The van der Waals surface area contributed by atoms with Crippen LogP contribution >= 0.6 is 23.2 Å². The zero-order chi connectivity index (χ0) is 29.2. The average molecular weight is 617 g/mol. The number of benzene rings is 2. The summed E-state index contributed by atoms with van der Waals surface area (Å²) in [5.41, 5.74) is 0.255. The number of halogens is 3. The van der Waals surface area contributed by atoms with Crippen LogP contribution in [0, 0.1) is 16.9 Å². The first-order valence-corrected chi connectivity index (χ1v) is 17.3. The molecule has 39 heavy (non-hydrogen) atoms. The van der Waals surface area contributed by atoms with Gasteiger partial charge in [0.2, 0.25) is 5.91 Å². The van der Waals surface area contributed by atoms with Gasteiger partial charge in [0.05, 0.1) is 15.7 Å². The molecule has 0 radical (unpaired) electrons. The number of nitrogens with zero attached hydrogens (tertiary/aromatic N) is 3. The van der Waals surface area contributed by atoms with Crippen LogP contribution in [0.3, 0.4) is 0 Å². The number of sulfonamides is 1. The van der Waals surface area contributed by atoms with E-state index in [9.17, 15) is 22.8 Å². The number of nitrogens with one attached hydrogen (secondary N) is 1. The smallest absolute Gasteiger partial charge is 0.269 e. The Morgan fingerprint density at radius 2 is 1.72 bits per heavy atom. The highest BCUT2D eigenvalue weighted by atomic mass is 35.5. The number of hydrogen-bond donors (Lipinski definition) is 1. The summed E-state index contributed by atoms with van der Waals surface area (Å²) in [6.45, 7) is 10.0. The van der Waals surface area contributed by atoms with Crippen molar-refractivity contribution in [2.75, 3.05) is 13.1 Å². The summed E-state index contributed by atoms with van der Waals surface area (Å²) < 4.78 is 49.0. The van der Waals surface area contributed by atoms with Crippen molar-refractivity contribution in [3.63, 3.8) is 0 Å². The Balaban J connectivity index is 2.10. The molecule has 0 spiro atoms. The minimum atomic E-state index is -4.52. The fourth-order valence-corrected chi connectivity index (χ4v) is 6.47. The zero-order valence-corrected chi connectivity index (χ0v) is 25.5. The molecule has 2 aromatic rings. The Kier molecular flexibility index (Phi) is 9.65. The number of amides is 1. The maximum atomic E-state index is 13.6. The third-order valence-corrected chi connectivity index (χ3v) is 13.3. The molecule has 1 aliphatic rings. The van der Waals surface area contributed by atoms with Gasteiger partial charge in [-0.05, 0) is 74.4 Å². The lowest BCUT2D eigenvalue weighted by atomic mass is 9.97. The molecule has 14 heteroatoms. The van der Waals surface area contributed by atoms with E-state index in [1.807, 2.05) is 33.9 Å². The molecule has 1 saturated heterocycles. The van der Waals surface area contributed by atoms with Crippen molar-refractivity contribution < 1.29 is 22.0 Å². The standard InChI is InChI=1S/C25H30Cl2FN4O5SSi/c1-25(2,3)39(4,5)37-22-21(30-15-29-20-8-6-17(28)14-19(20)27)9-7-18(26)23(22)38(35,36)31-24(33)16-10-12-32(34)13-11-16/h6-9,14,16H,10-13H2,1-5H3,(H,31,33)/q-1. The summed E-state index contributed by atoms with van der Waals surface area (Å²) in [5, 5.41) is 11.9. The van der Waals surface area contributed by atoms with Crippen LogP contribution in [0.5, 0.6) is 5.75 Å². The molecule has 0 unspecified atom stereocenters. The van der Waals surface area contributed by atoms with Gasteiger partial charge in [0.25, 0.3) is 18.3 Å². The van der Waals surface area contributed by atoms with E-state index in [0.717, 1.165) is 11.1 Å². The van der Waals surface area contributed by atoms with E-state index in [-0.39, 0.29) is 58.1 Å². The fraction of sp³-hybridized carbons (Fsp3) is 0.440. The van der Waals surface area contributed by atoms with Gasteiger partial charge in [-0.2, -0.15) is 9.98 Å². The quantitative estimate of drug-likeness (QED) is 0.274. The number of hydroxylamine groups is 2. The monoisotopic (exact) mass is 615 g/mol. The minimum absolute atomic E-state index is 0.0420. The molecule has 1 fully saturated rings. The van der Waals surface area contributed by atoms with E-state index in [1.165, 1.54) is 24.3 Å². The third kappa shape index (κ3) is 7.67. The summed E-state index contributed by atoms with van der Waals surface area (Å²) in [4.78, 5) is 20.6. The molecule has 3 rings (SSSR count).